The maximum atomic E-state index is 11.5. The molecule has 0 unspecified atom stereocenters. The number of carboxylic acid groups (broad SMARTS) is 1. The minimum Gasteiger partial charge on any atom is -0.532 e. The standard InChI is InChI=1S/C23H21BNO6/c26-22(27)14-25-15-23(28)31-24-18-8-12-19(13-9-18)29-16-17-6-10-21(11-7-17)30-20-4-2-1-3-5-20/h1-13,25H,14-16H2,(H,26,27). The molecule has 0 spiro atoms. The number of hydrogen-bond donors (Lipinski definition) is 2. The van der Waals surface area contributed by atoms with Crippen LogP contribution < -0.4 is 20.3 Å². The first-order valence-electron chi connectivity index (χ1n) is 9.58. The highest BCUT2D eigenvalue weighted by Gasteiger charge is 2.07. The molecule has 0 aliphatic carbocycles. The molecule has 0 amide bonds. The molecule has 0 aliphatic heterocycles. The van der Waals surface area contributed by atoms with Crippen molar-refractivity contribution in [3.05, 3.63) is 84.4 Å². The van der Waals surface area contributed by atoms with Gasteiger partial charge in [-0.1, -0.05) is 42.5 Å². The van der Waals surface area contributed by atoms with Crippen LogP contribution in [0.25, 0.3) is 0 Å². The van der Waals surface area contributed by atoms with Gasteiger partial charge in [-0.2, -0.15) is 0 Å². The van der Waals surface area contributed by atoms with Gasteiger partial charge in [0.2, 0.25) is 0 Å². The number of carboxylic acids is 1. The van der Waals surface area contributed by atoms with E-state index in [1.54, 1.807) is 24.3 Å². The lowest BCUT2D eigenvalue weighted by Gasteiger charge is -2.09. The maximum absolute atomic E-state index is 11.5. The minimum absolute atomic E-state index is 0.181. The smallest absolute Gasteiger partial charge is 0.412 e. The third-order valence-corrected chi connectivity index (χ3v) is 4.06. The Morgan fingerprint density at radius 2 is 1.45 bits per heavy atom. The van der Waals surface area contributed by atoms with Crippen molar-refractivity contribution in [2.24, 2.45) is 0 Å². The predicted molar refractivity (Wildman–Crippen MR) is 116 cm³/mol. The number of carbonyl (C=O) groups excluding carboxylic acids is 1. The first kappa shape index (κ1) is 21.9. The van der Waals surface area contributed by atoms with Crippen molar-refractivity contribution in [3.63, 3.8) is 0 Å². The number of benzene rings is 3. The molecule has 8 heteroatoms. The Balaban J connectivity index is 1.40. The summed E-state index contributed by atoms with van der Waals surface area (Å²) in [5.74, 6) is 0.606. The van der Waals surface area contributed by atoms with Crippen molar-refractivity contribution in [2.75, 3.05) is 13.1 Å². The predicted octanol–water partition coefficient (Wildman–Crippen LogP) is 2.52. The molecular weight excluding hydrogens is 397 g/mol. The molecule has 157 valence electrons. The second-order valence-electron chi connectivity index (χ2n) is 6.52. The highest BCUT2D eigenvalue weighted by atomic mass is 16.5. The Bertz CT molecular complexity index is 977. The summed E-state index contributed by atoms with van der Waals surface area (Å²) in [7, 11) is 1.31. The van der Waals surface area contributed by atoms with Crippen LogP contribution in [0, 0.1) is 0 Å². The molecule has 0 saturated heterocycles. The van der Waals surface area contributed by atoms with Crippen LogP contribution in [0.3, 0.4) is 0 Å². The van der Waals surface area contributed by atoms with E-state index >= 15 is 0 Å². The van der Waals surface area contributed by atoms with Gasteiger partial charge in [0.15, 0.2) is 0 Å². The fourth-order valence-corrected chi connectivity index (χ4v) is 2.53. The van der Waals surface area contributed by atoms with Crippen LogP contribution in [0.5, 0.6) is 17.2 Å². The lowest BCUT2D eigenvalue weighted by molar-refractivity contribution is -0.136. The lowest BCUT2D eigenvalue weighted by Crippen LogP contribution is -2.32. The van der Waals surface area contributed by atoms with Gasteiger partial charge < -0.3 is 19.2 Å². The van der Waals surface area contributed by atoms with Crippen LogP contribution in [-0.2, 0) is 20.9 Å². The highest BCUT2D eigenvalue weighted by Crippen LogP contribution is 2.21. The highest BCUT2D eigenvalue weighted by molar-refractivity contribution is 6.48. The molecule has 3 aromatic carbocycles. The number of ether oxygens (including phenoxy) is 2. The van der Waals surface area contributed by atoms with Gasteiger partial charge in [-0.15, -0.1) is 0 Å². The number of nitrogens with one attached hydrogen (secondary N) is 1. The number of aliphatic carboxylic acids is 1. The van der Waals surface area contributed by atoms with Crippen molar-refractivity contribution in [1.82, 2.24) is 5.32 Å². The number of carbonyl (C=O) groups is 2. The quantitative estimate of drug-likeness (QED) is 0.462. The summed E-state index contributed by atoms with van der Waals surface area (Å²) in [6, 6.07) is 24.3. The summed E-state index contributed by atoms with van der Waals surface area (Å²) in [4.78, 5) is 21.9. The van der Waals surface area contributed by atoms with E-state index in [1.807, 2.05) is 54.6 Å². The summed E-state index contributed by atoms with van der Waals surface area (Å²) in [6.07, 6.45) is 0. The SMILES string of the molecule is O=C(O)CNCC(=O)O[B]c1ccc(OCc2ccc(Oc3ccccc3)cc2)cc1. The normalized spacial score (nSPS) is 10.2. The fraction of sp³-hybridized carbons (Fsp3) is 0.130. The topological polar surface area (TPSA) is 94.1 Å². The van der Waals surface area contributed by atoms with E-state index < -0.39 is 11.9 Å². The first-order chi connectivity index (χ1) is 15.1. The summed E-state index contributed by atoms with van der Waals surface area (Å²) in [5, 5.41) is 11.0. The zero-order valence-corrected chi connectivity index (χ0v) is 16.7. The van der Waals surface area contributed by atoms with Crippen LogP contribution >= 0.6 is 0 Å². The van der Waals surface area contributed by atoms with E-state index in [0.29, 0.717) is 17.8 Å². The molecule has 0 heterocycles. The molecule has 2 N–H and O–H groups in total. The summed E-state index contributed by atoms with van der Waals surface area (Å²) in [5.41, 5.74) is 1.68. The van der Waals surface area contributed by atoms with Gasteiger partial charge in [-0.05, 0) is 47.4 Å². The molecule has 0 aromatic heterocycles. The second-order valence-corrected chi connectivity index (χ2v) is 6.52. The van der Waals surface area contributed by atoms with E-state index in [9.17, 15) is 9.59 Å². The Hall–Kier alpha value is -3.78. The molecule has 1 radical (unpaired) electrons. The van der Waals surface area contributed by atoms with Gasteiger partial charge in [-0.3, -0.25) is 14.9 Å². The Kier molecular flexibility index (Phi) is 8.08. The van der Waals surface area contributed by atoms with Gasteiger partial charge in [0, 0.05) is 0 Å². The molecule has 0 atom stereocenters. The van der Waals surface area contributed by atoms with E-state index in [1.165, 1.54) is 7.48 Å². The molecule has 0 bridgehead atoms. The van der Waals surface area contributed by atoms with Crippen LogP contribution in [0.1, 0.15) is 5.56 Å². The third kappa shape index (κ3) is 7.87. The van der Waals surface area contributed by atoms with Crippen LogP contribution in [0.4, 0.5) is 0 Å². The van der Waals surface area contributed by atoms with E-state index in [0.717, 1.165) is 17.1 Å². The van der Waals surface area contributed by atoms with E-state index in [4.69, 9.17) is 19.2 Å². The van der Waals surface area contributed by atoms with E-state index in [2.05, 4.69) is 5.32 Å². The van der Waals surface area contributed by atoms with Crippen molar-refractivity contribution in [3.8, 4) is 17.2 Å². The zero-order valence-electron chi connectivity index (χ0n) is 16.7. The van der Waals surface area contributed by atoms with Crippen LogP contribution in [0.15, 0.2) is 78.9 Å². The fourth-order valence-electron chi connectivity index (χ4n) is 2.53. The average molecular weight is 418 g/mol. The molecule has 3 rings (SSSR count). The summed E-state index contributed by atoms with van der Waals surface area (Å²) >= 11 is 0. The second kappa shape index (κ2) is 11.4. The number of rotatable bonds is 11. The summed E-state index contributed by atoms with van der Waals surface area (Å²) < 4.78 is 16.5. The maximum Gasteiger partial charge on any atom is 0.412 e. The van der Waals surface area contributed by atoms with Gasteiger partial charge >= 0.3 is 19.4 Å². The average Bonchev–Trinajstić information content (AvgIpc) is 2.78. The van der Waals surface area contributed by atoms with Crippen molar-refractivity contribution < 1.29 is 28.8 Å². The van der Waals surface area contributed by atoms with E-state index in [-0.39, 0.29) is 13.1 Å². The van der Waals surface area contributed by atoms with Crippen molar-refractivity contribution in [1.29, 1.82) is 0 Å². The number of hydrogen-bond acceptors (Lipinski definition) is 6. The van der Waals surface area contributed by atoms with Gasteiger partial charge in [0.05, 0.1) is 13.1 Å². The molecule has 0 fully saturated rings. The molecule has 3 aromatic rings. The summed E-state index contributed by atoms with van der Waals surface area (Å²) in [6.45, 7) is -0.0814. The molecule has 0 aliphatic rings. The van der Waals surface area contributed by atoms with Gasteiger partial charge in [-0.25, -0.2) is 0 Å². The largest absolute Gasteiger partial charge is 0.532 e. The Morgan fingerprint density at radius 1 is 0.806 bits per heavy atom. The number of para-hydroxylation sites is 1. The van der Waals surface area contributed by atoms with Crippen molar-refractivity contribution >= 4 is 24.9 Å². The molecule has 0 saturated carbocycles. The van der Waals surface area contributed by atoms with Gasteiger partial charge in [0.25, 0.3) is 0 Å². The monoisotopic (exact) mass is 418 g/mol. The molecule has 7 nitrogen and oxygen atoms in total. The molecule has 31 heavy (non-hydrogen) atoms. The van der Waals surface area contributed by atoms with Crippen molar-refractivity contribution in [2.45, 2.75) is 6.61 Å². The Morgan fingerprint density at radius 3 is 2.13 bits per heavy atom. The minimum atomic E-state index is -1.04. The zero-order chi connectivity index (χ0) is 21.9. The molecular formula is C23H21BNO6. The third-order valence-electron chi connectivity index (χ3n) is 4.06. The van der Waals surface area contributed by atoms with Crippen LogP contribution in [-0.4, -0.2) is 37.6 Å². The first-order valence-corrected chi connectivity index (χ1v) is 9.58. The Labute approximate surface area is 180 Å². The lowest BCUT2D eigenvalue weighted by atomic mass is 9.88. The van der Waals surface area contributed by atoms with Crippen LogP contribution in [0.2, 0.25) is 0 Å². The van der Waals surface area contributed by atoms with Gasteiger partial charge in [0.1, 0.15) is 23.9 Å².